The lowest BCUT2D eigenvalue weighted by molar-refractivity contribution is 0.178. The van der Waals surface area contributed by atoms with E-state index >= 15 is 0 Å². The lowest BCUT2D eigenvalue weighted by Gasteiger charge is -2.12. The van der Waals surface area contributed by atoms with Gasteiger partial charge in [0.2, 0.25) is 0 Å². The second-order valence-corrected chi connectivity index (χ2v) is 5.31. The SMILES string of the molecule is CCCCc1ccc(C(O)Cc2ccc(F)c(F)c2)cc1. The Labute approximate surface area is 124 Å². The van der Waals surface area contributed by atoms with Gasteiger partial charge in [0.25, 0.3) is 0 Å². The minimum absolute atomic E-state index is 0.269. The summed E-state index contributed by atoms with van der Waals surface area (Å²) in [7, 11) is 0. The number of aliphatic hydroxyl groups is 1. The summed E-state index contributed by atoms with van der Waals surface area (Å²) in [5.74, 6) is -1.75. The topological polar surface area (TPSA) is 20.2 Å². The van der Waals surface area contributed by atoms with Gasteiger partial charge < -0.3 is 5.11 Å². The van der Waals surface area contributed by atoms with Crippen LogP contribution in [0, 0.1) is 11.6 Å². The summed E-state index contributed by atoms with van der Waals surface area (Å²) in [5, 5.41) is 10.2. The first-order chi connectivity index (χ1) is 10.1. The third-order valence-electron chi connectivity index (χ3n) is 3.60. The molecule has 0 fully saturated rings. The molecule has 21 heavy (non-hydrogen) atoms. The fraction of sp³-hybridized carbons (Fsp3) is 0.333. The molecule has 0 aromatic heterocycles. The van der Waals surface area contributed by atoms with Crippen LogP contribution in [0.2, 0.25) is 0 Å². The monoisotopic (exact) mass is 290 g/mol. The van der Waals surface area contributed by atoms with Gasteiger partial charge in [0.1, 0.15) is 0 Å². The van der Waals surface area contributed by atoms with Gasteiger partial charge in [-0.25, -0.2) is 8.78 Å². The van der Waals surface area contributed by atoms with Crippen molar-refractivity contribution in [2.24, 2.45) is 0 Å². The molecule has 112 valence electrons. The second kappa shape index (κ2) is 7.32. The normalized spacial score (nSPS) is 12.4. The second-order valence-electron chi connectivity index (χ2n) is 5.31. The average molecular weight is 290 g/mol. The highest BCUT2D eigenvalue weighted by Crippen LogP contribution is 2.20. The maximum Gasteiger partial charge on any atom is 0.159 e. The van der Waals surface area contributed by atoms with Gasteiger partial charge in [0, 0.05) is 6.42 Å². The smallest absolute Gasteiger partial charge is 0.159 e. The summed E-state index contributed by atoms with van der Waals surface area (Å²) in [6.07, 6.45) is 2.90. The van der Waals surface area contributed by atoms with Gasteiger partial charge in [-0.3, -0.25) is 0 Å². The third-order valence-corrected chi connectivity index (χ3v) is 3.60. The Balaban J connectivity index is 2.02. The first-order valence-corrected chi connectivity index (χ1v) is 7.31. The molecule has 0 radical (unpaired) electrons. The van der Waals surface area contributed by atoms with Gasteiger partial charge in [0.15, 0.2) is 11.6 Å². The molecule has 0 aliphatic heterocycles. The molecule has 0 saturated carbocycles. The Kier molecular flexibility index (Phi) is 5.45. The van der Waals surface area contributed by atoms with Gasteiger partial charge in [0.05, 0.1) is 6.10 Å². The highest BCUT2D eigenvalue weighted by molar-refractivity contribution is 5.26. The van der Waals surface area contributed by atoms with Crippen LogP contribution in [0.3, 0.4) is 0 Å². The minimum Gasteiger partial charge on any atom is -0.388 e. The van der Waals surface area contributed by atoms with Crippen molar-refractivity contribution in [2.75, 3.05) is 0 Å². The molecule has 1 N–H and O–H groups in total. The van der Waals surface area contributed by atoms with Crippen molar-refractivity contribution in [3.05, 3.63) is 70.8 Å². The number of hydrogen-bond acceptors (Lipinski definition) is 1. The van der Waals surface area contributed by atoms with Gasteiger partial charge in [-0.1, -0.05) is 43.7 Å². The predicted octanol–water partition coefficient (Wildman–Crippen LogP) is 4.58. The average Bonchev–Trinajstić information content (AvgIpc) is 2.49. The number of benzene rings is 2. The highest BCUT2D eigenvalue weighted by Gasteiger charge is 2.10. The molecule has 0 heterocycles. The van der Waals surface area contributed by atoms with E-state index in [-0.39, 0.29) is 6.42 Å². The summed E-state index contributed by atoms with van der Waals surface area (Å²) in [5.41, 5.74) is 2.62. The van der Waals surface area contributed by atoms with Crippen molar-refractivity contribution >= 4 is 0 Å². The van der Waals surface area contributed by atoms with E-state index in [0.717, 1.165) is 37.0 Å². The molecule has 0 aliphatic carbocycles. The van der Waals surface area contributed by atoms with E-state index < -0.39 is 17.7 Å². The summed E-state index contributed by atoms with van der Waals surface area (Å²) in [6, 6.07) is 11.5. The van der Waals surface area contributed by atoms with Crippen LogP contribution in [0.15, 0.2) is 42.5 Å². The molecule has 0 saturated heterocycles. The first kappa shape index (κ1) is 15.6. The zero-order chi connectivity index (χ0) is 15.2. The van der Waals surface area contributed by atoms with Gasteiger partial charge in [-0.15, -0.1) is 0 Å². The molecule has 1 nitrogen and oxygen atoms in total. The van der Waals surface area contributed by atoms with Crippen LogP contribution in [0.5, 0.6) is 0 Å². The zero-order valence-electron chi connectivity index (χ0n) is 12.2. The molecule has 2 aromatic carbocycles. The fourth-order valence-electron chi connectivity index (χ4n) is 2.30. The number of halogens is 2. The van der Waals surface area contributed by atoms with Crippen LogP contribution in [0.4, 0.5) is 8.78 Å². The molecular formula is C18H20F2O. The van der Waals surface area contributed by atoms with Gasteiger partial charge in [-0.05, 0) is 41.7 Å². The summed E-state index contributed by atoms with van der Waals surface area (Å²) >= 11 is 0. The van der Waals surface area contributed by atoms with Crippen LogP contribution >= 0.6 is 0 Å². The lowest BCUT2D eigenvalue weighted by atomic mass is 9.99. The van der Waals surface area contributed by atoms with Crippen LogP contribution in [0.25, 0.3) is 0 Å². The van der Waals surface area contributed by atoms with Crippen molar-refractivity contribution in [1.29, 1.82) is 0 Å². The van der Waals surface area contributed by atoms with E-state index in [0.29, 0.717) is 5.56 Å². The Morgan fingerprint density at radius 1 is 0.952 bits per heavy atom. The maximum atomic E-state index is 13.1. The van der Waals surface area contributed by atoms with Crippen molar-refractivity contribution in [3.8, 4) is 0 Å². The largest absolute Gasteiger partial charge is 0.388 e. The Bertz CT molecular complexity index is 578. The molecule has 0 bridgehead atoms. The number of aryl methyl sites for hydroxylation is 1. The van der Waals surface area contributed by atoms with Crippen LogP contribution < -0.4 is 0 Å². The molecule has 3 heteroatoms. The van der Waals surface area contributed by atoms with E-state index in [1.807, 2.05) is 24.3 Å². The number of rotatable bonds is 6. The third kappa shape index (κ3) is 4.36. The highest BCUT2D eigenvalue weighted by atomic mass is 19.2. The quantitative estimate of drug-likeness (QED) is 0.825. The van der Waals surface area contributed by atoms with E-state index in [1.54, 1.807) is 0 Å². The summed E-state index contributed by atoms with van der Waals surface area (Å²) in [6.45, 7) is 2.15. The fourth-order valence-corrected chi connectivity index (χ4v) is 2.30. The van der Waals surface area contributed by atoms with Crippen molar-refractivity contribution < 1.29 is 13.9 Å². The lowest BCUT2D eigenvalue weighted by Crippen LogP contribution is -2.03. The zero-order valence-corrected chi connectivity index (χ0v) is 12.2. The standard InChI is InChI=1S/C18H20F2O/c1-2-3-4-13-5-8-15(9-6-13)18(21)12-14-7-10-16(19)17(20)11-14/h5-11,18,21H,2-4,12H2,1H3. The predicted molar refractivity (Wildman–Crippen MR) is 80.1 cm³/mol. The molecule has 1 atom stereocenters. The van der Waals surface area contributed by atoms with E-state index in [1.165, 1.54) is 11.6 Å². The minimum atomic E-state index is -0.880. The Morgan fingerprint density at radius 3 is 2.24 bits per heavy atom. The molecule has 1 unspecified atom stereocenters. The summed E-state index contributed by atoms with van der Waals surface area (Å²) < 4.78 is 26.0. The molecule has 2 aromatic rings. The van der Waals surface area contributed by atoms with Crippen molar-refractivity contribution in [3.63, 3.8) is 0 Å². The maximum absolute atomic E-state index is 13.1. The number of aliphatic hydroxyl groups excluding tert-OH is 1. The number of unbranched alkanes of at least 4 members (excludes halogenated alkanes) is 1. The molecule has 2 rings (SSSR count). The van der Waals surface area contributed by atoms with Crippen LogP contribution in [-0.4, -0.2) is 5.11 Å². The first-order valence-electron chi connectivity index (χ1n) is 7.31. The molecule has 0 amide bonds. The van der Waals surface area contributed by atoms with Gasteiger partial charge in [-0.2, -0.15) is 0 Å². The Morgan fingerprint density at radius 2 is 1.62 bits per heavy atom. The van der Waals surface area contributed by atoms with Crippen LogP contribution in [0.1, 0.15) is 42.6 Å². The Hall–Kier alpha value is -1.74. The number of hydrogen-bond donors (Lipinski definition) is 1. The van der Waals surface area contributed by atoms with E-state index in [2.05, 4.69) is 6.92 Å². The molecule has 0 aliphatic rings. The molecular weight excluding hydrogens is 270 g/mol. The van der Waals surface area contributed by atoms with Crippen molar-refractivity contribution in [1.82, 2.24) is 0 Å². The van der Waals surface area contributed by atoms with Crippen molar-refractivity contribution in [2.45, 2.75) is 38.7 Å². The van der Waals surface area contributed by atoms with E-state index in [9.17, 15) is 13.9 Å². The van der Waals surface area contributed by atoms with Crippen LogP contribution in [-0.2, 0) is 12.8 Å². The van der Waals surface area contributed by atoms with E-state index in [4.69, 9.17) is 0 Å². The molecule has 0 spiro atoms. The summed E-state index contributed by atoms with van der Waals surface area (Å²) in [4.78, 5) is 0. The van der Waals surface area contributed by atoms with Gasteiger partial charge >= 0.3 is 0 Å².